The number of ether oxygens (including phenoxy) is 1. The number of imidazole rings is 1. The SMILES string of the molecule is CCC/C=C(/Cc1cncn1CCC)C(=O)OC. The second kappa shape index (κ2) is 7.69. The normalized spacial score (nSPS) is 11.6. The molecule has 0 N–H and O–H groups in total. The van der Waals surface area contributed by atoms with Crippen molar-refractivity contribution >= 4 is 5.97 Å². The number of nitrogens with zero attached hydrogens (tertiary/aromatic N) is 2. The van der Waals surface area contributed by atoms with Crippen LogP contribution in [0, 0.1) is 0 Å². The molecular formula is C14H22N2O2. The van der Waals surface area contributed by atoms with E-state index in [1.807, 2.05) is 18.6 Å². The smallest absolute Gasteiger partial charge is 0.333 e. The van der Waals surface area contributed by atoms with Gasteiger partial charge in [0.2, 0.25) is 0 Å². The molecule has 0 aliphatic carbocycles. The van der Waals surface area contributed by atoms with Crippen LogP contribution in [-0.2, 0) is 22.5 Å². The predicted octanol–water partition coefficient (Wildman–Crippen LogP) is 2.74. The lowest BCUT2D eigenvalue weighted by atomic mass is 10.1. The maximum Gasteiger partial charge on any atom is 0.333 e. The molecule has 0 atom stereocenters. The number of methoxy groups -OCH3 is 1. The number of hydrogen-bond donors (Lipinski definition) is 0. The Labute approximate surface area is 109 Å². The van der Waals surface area contributed by atoms with Gasteiger partial charge in [0.05, 0.1) is 13.4 Å². The zero-order chi connectivity index (χ0) is 13.4. The third-order valence-corrected chi connectivity index (χ3v) is 2.76. The lowest BCUT2D eigenvalue weighted by Crippen LogP contribution is -2.10. The van der Waals surface area contributed by atoms with Crippen LogP contribution in [0.25, 0.3) is 0 Å². The van der Waals surface area contributed by atoms with Gasteiger partial charge in [0, 0.05) is 30.4 Å². The molecule has 0 aliphatic heterocycles. The van der Waals surface area contributed by atoms with Gasteiger partial charge in [0.1, 0.15) is 0 Å². The van der Waals surface area contributed by atoms with Gasteiger partial charge in [0.15, 0.2) is 0 Å². The van der Waals surface area contributed by atoms with Gasteiger partial charge in [-0.15, -0.1) is 0 Å². The van der Waals surface area contributed by atoms with Crippen molar-refractivity contribution in [3.05, 3.63) is 29.9 Å². The van der Waals surface area contributed by atoms with E-state index in [1.54, 1.807) is 0 Å². The summed E-state index contributed by atoms with van der Waals surface area (Å²) in [6, 6.07) is 0. The fourth-order valence-corrected chi connectivity index (χ4v) is 1.81. The number of allylic oxidation sites excluding steroid dienone is 1. The molecule has 100 valence electrons. The number of hydrogen-bond acceptors (Lipinski definition) is 3. The van der Waals surface area contributed by atoms with Crippen LogP contribution in [0.4, 0.5) is 0 Å². The largest absolute Gasteiger partial charge is 0.466 e. The molecule has 18 heavy (non-hydrogen) atoms. The fourth-order valence-electron chi connectivity index (χ4n) is 1.81. The van der Waals surface area contributed by atoms with Crippen molar-refractivity contribution in [1.82, 2.24) is 9.55 Å². The maximum atomic E-state index is 11.7. The molecular weight excluding hydrogens is 228 g/mol. The molecule has 0 saturated heterocycles. The number of aryl methyl sites for hydroxylation is 1. The molecule has 0 unspecified atom stereocenters. The minimum atomic E-state index is -0.243. The Kier molecular flexibility index (Phi) is 6.19. The Morgan fingerprint density at radius 3 is 2.83 bits per heavy atom. The summed E-state index contributed by atoms with van der Waals surface area (Å²) < 4.78 is 6.91. The van der Waals surface area contributed by atoms with Crippen LogP contribution in [0.1, 0.15) is 38.8 Å². The van der Waals surface area contributed by atoms with Gasteiger partial charge < -0.3 is 9.30 Å². The zero-order valence-electron chi connectivity index (χ0n) is 11.5. The van der Waals surface area contributed by atoms with E-state index >= 15 is 0 Å². The van der Waals surface area contributed by atoms with Crippen molar-refractivity contribution in [3.63, 3.8) is 0 Å². The first-order valence-corrected chi connectivity index (χ1v) is 6.49. The molecule has 1 heterocycles. The van der Waals surface area contributed by atoms with Crippen LogP contribution in [0.15, 0.2) is 24.2 Å². The number of carbonyl (C=O) groups excluding carboxylic acids is 1. The number of rotatable bonds is 7. The number of carbonyl (C=O) groups is 1. The number of esters is 1. The summed E-state index contributed by atoms with van der Waals surface area (Å²) in [6.45, 7) is 5.14. The highest BCUT2D eigenvalue weighted by Gasteiger charge is 2.12. The quantitative estimate of drug-likeness (QED) is 0.552. The van der Waals surface area contributed by atoms with Crippen LogP contribution >= 0.6 is 0 Å². The van der Waals surface area contributed by atoms with Crippen LogP contribution in [-0.4, -0.2) is 22.6 Å². The molecule has 0 saturated carbocycles. The lowest BCUT2D eigenvalue weighted by molar-refractivity contribution is -0.136. The average Bonchev–Trinajstić information content (AvgIpc) is 2.81. The van der Waals surface area contributed by atoms with E-state index in [0.29, 0.717) is 6.42 Å². The van der Waals surface area contributed by atoms with Crippen LogP contribution < -0.4 is 0 Å². The first-order chi connectivity index (χ1) is 8.72. The van der Waals surface area contributed by atoms with Gasteiger partial charge in [-0.2, -0.15) is 0 Å². The summed E-state index contributed by atoms with van der Waals surface area (Å²) in [7, 11) is 1.42. The highest BCUT2D eigenvalue weighted by Crippen LogP contribution is 2.11. The van der Waals surface area contributed by atoms with Gasteiger partial charge in [0.25, 0.3) is 0 Å². The van der Waals surface area contributed by atoms with Gasteiger partial charge >= 0.3 is 5.97 Å². The Bertz CT molecular complexity index is 408. The van der Waals surface area contributed by atoms with Gasteiger partial charge in [-0.05, 0) is 12.8 Å². The molecule has 1 rings (SSSR count). The monoisotopic (exact) mass is 250 g/mol. The molecule has 0 radical (unpaired) electrons. The summed E-state index contributed by atoms with van der Waals surface area (Å²) >= 11 is 0. The van der Waals surface area contributed by atoms with Crippen molar-refractivity contribution < 1.29 is 9.53 Å². The van der Waals surface area contributed by atoms with E-state index in [2.05, 4.69) is 23.4 Å². The third kappa shape index (κ3) is 4.02. The molecule has 0 aromatic carbocycles. The minimum Gasteiger partial charge on any atom is -0.466 e. The molecule has 0 spiro atoms. The molecule has 1 aromatic heterocycles. The van der Waals surface area contributed by atoms with Crippen molar-refractivity contribution in [2.75, 3.05) is 7.11 Å². The summed E-state index contributed by atoms with van der Waals surface area (Å²) in [5.41, 5.74) is 1.78. The Morgan fingerprint density at radius 1 is 1.44 bits per heavy atom. The van der Waals surface area contributed by atoms with E-state index < -0.39 is 0 Å². The number of unbranched alkanes of at least 4 members (excludes halogenated alkanes) is 1. The van der Waals surface area contributed by atoms with Crippen molar-refractivity contribution in [3.8, 4) is 0 Å². The second-order valence-electron chi connectivity index (χ2n) is 4.26. The van der Waals surface area contributed by atoms with Crippen LogP contribution in [0.3, 0.4) is 0 Å². The van der Waals surface area contributed by atoms with E-state index in [4.69, 9.17) is 4.74 Å². The van der Waals surface area contributed by atoms with E-state index in [1.165, 1.54) is 7.11 Å². The highest BCUT2D eigenvalue weighted by molar-refractivity contribution is 5.88. The summed E-state index contributed by atoms with van der Waals surface area (Å²) in [4.78, 5) is 15.8. The Morgan fingerprint density at radius 2 is 2.22 bits per heavy atom. The van der Waals surface area contributed by atoms with Crippen molar-refractivity contribution in [2.24, 2.45) is 0 Å². The maximum absolute atomic E-state index is 11.7. The summed E-state index contributed by atoms with van der Waals surface area (Å²) in [5, 5.41) is 0. The molecule has 0 aliphatic rings. The lowest BCUT2D eigenvalue weighted by Gasteiger charge is -2.08. The second-order valence-corrected chi connectivity index (χ2v) is 4.26. The first-order valence-electron chi connectivity index (χ1n) is 6.49. The van der Waals surface area contributed by atoms with Gasteiger partial charge in [-0.1, -0.05) is 26.3 Å². The summed E-state index contributed by atoms with van der Waals surface area (Å²) in [6.07, 6.45) is 9.16. The molecule has 4 heteroatoms. The standard InChI is InChI=1S/C14H22N2O2/c1-4-6-7-12(14(17)18-3)9-13-10-15-11-16(13)8-5-2/h7,10-11H,4-6,8-9H2,1-3H3/b12-7-. The van der Waals surface area contributed by atoms with Crippen molar-refractivity contribution in [2.45, 2.75) is 46.1 Å². The van der Waals surface area contributed by atoms with E-state index in [0.717, 1.165) is 37.1 Å². The summed E-state index contributed by atoms with van der Waals surface area (Å²) in [5.74, 6) is -0.243. The topological polar surface area (TPSA) is 44.1 Å². The Hall–Kier alpha value is -1.58. The van der Waals surface area contributed by atoms with E-state index in [-0.39, 0.29) is 5.97 Å². The molecule has 0 bridgehead atoms. The molecule has 0 fully saturated rings. The number of aromatic nitrogens is 2. The highest BCUT2D eigenvalue weighted by atomic mass is 16.5. The van der Waals surface area contributed by atoms with Crippen LogP contribution in [0.5, 0.6) is 0 Å². The minimum absolute atomic E-state index is 0.243. The molecule has 0 amide bonds. The zero-order valence-corrected chi connectivity index (χ0v) is 11.5. The van der Waals surface area contributed by atoms with Crippen LogP contribution in [0.2, 0.25) is 0 Å². The molecule has 4 nitrogen and oxygen atoms in total. The average molecular weight is 250 g/mol. The van der Waals surface area contributed by atoms with Gasteiger partial charge in [-0.3, -0.25) is 0 Å². The Balaban J connectivity index is 2.82. The van der Waals surface area contributed by atoms with Crippen molar-refractivity contribution in [1.29, 1.82) is 0 Å². The predicted molar refractivity (Wildman–Crippen MR) is 71.2 cm³/mol. The fraction of sp³-hybridized carbons (Fsp3) is 0.571. The third-order valence-electron chi connectivity index (χ3n) is 2.76. The first kappa shape index (κ1) is 14.5. The molecule has 1 aromatic rings. The van der Waals surface area contributed by atoms with Gasteiger partial charge in [-0.25, -0.2) is 9.78 Å². The van der Waals surface area contributed by atoms with E-state index in [9.17, 15) is 4.79 Å².